The Morgan fingerprint density at radius 1 is 1.11 bits per heavy atom. The van der Waals surface area contributed by atoms with E-state index in [1.54, 1.807) is 6.21 Å². The van der Waals surface area contributed by atoms with Crippen molar-refractivity contribution in [1.82, 2.24) is 9.99 Å². The van der Waals surface area contributed by atoms with Gasteiger partial charge in [-0.1, -0.05) is 29.3 Å². The Bertz CT molecular complexity index is 992. The molecule has 0 spiro atoms. The van der Waals surface area contributed by atoms with Gasteiger partial charge < -0.3 is 4.57 Å². The number of nitrogens with zero attached hydrogens (tertiary/aromatic N) is 2. The number of thioether (sulfide) groups is 1. The van der Waals surface area contributed by atoms with Gasteiger partial charge in [-0.2, -0.15) is 5.10 Å². The first-order chi connectivity index (χ1) is 13.4. The van der Waals surface area contributed by atoms with Gasteiger partial charge >= 0.3 is 0 Å². The highest BCUT2D eigenvalue weighted by Crippen LogP contribution is 2.21. The lowest BCUT2D eigenvalue weighted by molar-refractivity contribution is -0.118. The van der Waals surface area contributed by atoms with E-state index in [4.69, 9.17) is 11.6 Å². The molecule has 1 heterocycles. The number of aryl methyl sites for hydroxylation is 2. The van der Waals surface area contributed by atoms with Crippen molar-refractivity contribution in [3.05, 3.63) is 82.1 Å². The van der Waals surface area contributed by atoms with Crippen molar-refractivity contribution in [2.24, 2.45) is 5.10 Å². The molecule has 2 aromatic carbocycles. The number of hydrazone groups is 1. The maximum absolute atomic E-state index is 12.0. The van der Waals surface area contributed by atoms with Crippen LogP contribution in [0.3, 0.4) is 0 Å². The molecule has 1 amide bonds. The van der Waals surface area contributed by atoms with Crippen LogP contribution in [0.4, 0.5) is 0 Å². The first-order valence-electron chi connectivity index (χ1n) is 8.90. The lowest BCUT2D eigenvalue weighted by Crippen LogP contribution is -2.19. The summed E-state index contributed by atoms with van der Waals surface area (Å²) >= 11 is 7.47. The van der Waals surface area contributed by atoms with E-state index in [-0.39, 0.29) is 5.91 Å². The van der Waals surface area contributed by atoms with E-state index in [1.807, 2.05) is 75.4 Å². The number of hydrogen-bond acceptors (Lipinski definition) is 3. The quantitative estimate of drug-likeness (QED) is 0.340. The minimum atomic E-state index is -0.131. The molecule has 0 aliphatic rings. The second kappa shape index (κ2) is 9.13. The number of carbonyl (C=O) groups is 1. The zero-order chi connectivity index (χ0) is 20.1. The molecule has 0 saturated carbocycles. The van der Waals surface area contributed by atoms with Crippen LogP contribution in [-0.4, -0.2) is 22.4 Å². The van der Waals surface area contributed by atoms with Crippen molar-refractivity contribution in [3.63, 3.8) is 0 Å². The average molecular weight is 412 g/mol. The third-order valence-corrected chi connectivity index (χ3v) is 5.60. The molecule has 0 bridgehead atoms. The fourth-order valence-electron chi connectivity index (χ4n) is 2.90. The SMILES string of the molecule is Cc1ccc(SCC(=O)N/N=C\c2cc(C)n(-c3ccc(Cl)cc3)c2C)cc1. The van der Waals surface area contributed by atoms with Crippen LogP contribution < -0.4 is 5.43 Å². The third-order valence-electron chi connectivity index (χ3n) is 4.34. The Morgan fingerprint density at radius 3 is 2.46 bits per heavy atom. The maximum Gasteiger partial charge on any atom is 0.250 e. The first-order valence-corrected chi connectivity index (χ1v) is 10.3. The van der Waals surface area contributed by atoms with E-state index in [0.717, 1.165) is 27.5 Å². The van der Waals surface area contributed by atoms with Gasteiger partial charge in [-0.3, -0.25) is 4.79 Å². The lowest BCUT2D eigenvalue weighted by atomic mass is 10.2. The van der Waals surface area contributed by atoms with E-state index in [0.29, 0.717) is 10.8 Å². The number of nitrogens with one attached hydrogen (secondary N) is 1. The Labute approximate surface area is 174 Å². The number of rotatable bonds is 6. The molecule has 0 unspecified atom stereocenters. The summed E-state index contributed by atoms with van der Waals surface area (Å²) in [4.78, 5) is 13.1. The number of carbonyl (C=O) groups excluding carboxylic acids is 1. The molecule has 144 valence electrons. The fourth-order valence-corrected chi connectivity index (χ4v) is 3.71. The molecule has 0 radical (unpaired) electrons. The van der Waals surface area contributed by atoms with Crippen LogP contribution in [0.25, 0.3) is 5.69 Å². The largest absolute Gasteiger partial charge is 0.318 e. The second-order valence-electron chi connectivity index (χ2n) is 6.53. The second-order valence-corrected chi connectivity index (χ2v) is 8.02. The summed E-state index contributed by atoms with van der Waals surface area (Å²) in [6, 6.07) is 17.8. The van der Waals surface area contributed by atoms with Gasteiger partial charge in [-0.05, 0) is 63.2 Å². The van der Waals surface area contributed by atoms with Gasteiger partial charge in [0, 0.05) is 32.6 Å². The van der Waals surface area contributed by atoms with Gasteiger partial charge in [0.1, 0.15) is 0 Å². The van der Waals surface area contributed by atoms with E-state index in [2.05, 4.69) is 15.1 Å². The lowest BCUT2D eigenvalue weighted by Gasteiger charge is -2.09. The summed E-state index contributed by atoms with van der Waals surface area (Å²) < 4.78 is 2.13. The standard InChI is InChI=1S/C22H22ClN3OS/c1-15-4-10-21(11-5-15)28-14-22(27)25-24-13-18-12-16(2)26(17(18)3)20-8-6-19(23)7-9-20/h4-13H,14H2,1-3H3,(H,25,27)/b24-13-. The van der Waals surface area contributed by atoms with Crippen molar-refractivity contribution >= 4 is 35.5 Å². The minimum Gasteiger partial charge on any atom is -0.318 e. The normalized spacial score (nSPS) is 11.1. The van der Waals surface area contributed by atoms with Gasteiger partial charge in [0.25, 0.3) is 0 Å². The molecule has 0 atom stereocenters. The smallest absolute Gasteiger partial charge is 0.250 e. The molecule has 1 N–H and O–H groups in total. The van der Waals surface area contributed by atoms with Crippen LogP contribution in [0.1, 0.15) is 22.5 Å². The highest BCUT2D eigenvalue weighted by atomic mass is 35.5. The molecular formula is C22H22ClN3OS. The average Bonchev–Trinajstić information content (AvgIpc) is 2.96. The number of amides is 1. The van der Waals surface area contributed by atoms with Crippen LogP contribution >= 0.6 is 23.4 Å². The maximum atomic E-state index is 12.0. The molecule has 6 heteroatoms. The van der Waals surface area contributed by atoms with Gasteiger partial charge in [-0.25, -0.2) is 5.43 Å². The molecule has 28 heavy (non-hydrogen) atoms. The Balaban J connectivity index is 1.61. The van der Waals surface area contributed by atoms with Crippen LogP contribution in [-0.2, 0) is 4.79 Å². The topological polar surface area (TPSA) is 46.4 Å². The summed E-state index contributed by atoms with van der Waals surface area (Å²) in [5, 5.41) is 4.83. The fraction of sp³-hybridized carbons (Fsp3) is 0.182. The number of hydrogen-bond donors (Lipinski definition) is 1. The predicted octanol–water partition coefficient (Wildman–Crippen LogP) is 5.30. The van der Waals surface area contributed by atoms with Gasteiger partial charge in [0.2, 0.25) is 5.91 Å². The summed E-state index contributed by atoms with van der Waals surface area (Å²) in [6.07, 6.45) is 1.68. The van der Waals surface area contributed by atoms with Crippen LogP contribution in [0, 0.1) is 20.8 Å². The molecule has 3 rings (SSSR count). The summed E-state index contributed by atoms with van der Waals surface area (Å²) in [5.74, 6) is 0.192. The molecular weight excluding hydrogens is 390 g/mol. The molecule has 0 saturated heterocycles. The zero-order valence-electron chi connectivity index (χ0n) is 16.1. The number of aromatic nitrogens is 1. The van der Waals surface area contributed by atoms with E-state index < -0.39 is 0 Å². The van der Waals surface area contributed by atoms with Gasteiger partial charge in [0.05, 0.1) is 12.0 Å². The van der Waals surface area contributed by atoms with Crippen molar-refractivity contribution in [1.29, 1.82) is 0 Å². The Morgan fingerprint density at radius 2 is 1.79 bits per heavy atom. The molecule has 3 aromatic rings. The van der Waals surface area contributed by atoms with Gasteiger partial charge in [0.15, 0.2) is 0 Å². The van der Waals surface area contributed by atoms with E-state index in [9.17, 15) is 4.79 Å². The Kier molecular flexibility index (Phi) is 6.60. The van der Waals surface area contributed by atoms with Crippen molar-refractivity contribution < 1.29 is 4.79 Å². The van der Waals surface area contributed by atoms with Crippen molar-refractivity contribution in [2.45, 2.75) is 25.7 Å². The highest BCUT2D eigenvalue weighted by Gasteiger charge is 2.09. The van der Waals surface area contributed by atoms with Crippen molar-refractivity contribution in [2.75, 3.05) is 5.75 Å². The van der Waals surface area contributed by atoms with E-state index >= 15 is 0 Å². The molecule has 0 fully saturated rings. The summed E-state index contributed by atoms with van der Waals surface area (Å²) in [6.45, 7) is 6.10. The zero-order valence-corrected chi connectivity index (χ0v) is 17.6. The van der Waals surface area contributed by atoms with E-state index in [1.165, 1.54) is 17.3 Å². The minimum absolute atomic E-state index is 0.131. The Hall–Kier alpha value is -2.50. The third kappa shape index (κ3) is 5.06. The number of halogens is 1. The molecule has 4 nitrogen and oxygen atoms in total. The van der Waals surface area contributed by atoms with Crippen LogP contribution in [0.2, 0.25) is 5.02 Å². The van der Waals surface area contributed by atoms with Crippen molar-refractivity contribution in [3.8, 4) is 5.69 Å². The summed E-state index contributed by atoms with van der Waals surface area (Å²) in [5.41, 5.74) is 7.93. The van der Waals surface area contributed by atoms with Gasteiger partial charge in [-0.15, -0.1) is 11.8 Å². The van der Waals surface area contributed by atoms with Crippen LogP contribution in [0.15, 0.2) is 64.6 Å². The molecule has 0 aliphatic heterocycles. The van der Waals surface area contributed by atoms with Crippen LogP contribution in [0.5, 0.6) is 0 Å². The molecule has 1 aromatic heterocycles. The molecule has 0 aliphatic carbocycles. The first kappa shape index (κ1) is 20.2. The monoisotopic (exact) mass is 411 g/mol. The highest BCUT2D eigenvalue weighted by molar-refractivity contribution is 8.00. The number of benzene rings is 2. The predicted molar refractivity (Wildman–Crippen MR) is 118 cm³/mol. The summed E-state index contributed by atoms with van der Waals surface area (Å²) in [7, 11) is 0.